The predicted octanol–water partition coefficient (Wildman–Crippen LogP) is 7.97. The Balaban J connectivity index is 1.59. The number of halogens is 2. The van der Waals surface area contributed by atoms with Gasteiger partial charge in [0.2, 0.25) is 0 Å². The van der Waals surface area contributed by atoms with Crippen molar-refractivity contribution in [2.45, 2.75) is 6.61 Å². The summed E-state index contributed by atoms with van der Waals surface area (Å²) in [5, 5.41) is 6.68. The van der Waals surface area contributed by atoms with E-state index < -0.39 is 0 Å². The van der Waals surface area contributed by atoms with Crippen LogP contribution in [0, 0.1) is 0 Å². The molecule has 0 unspecified atom stereocenters. The molecule has 4 rings (SSSR count). The highest BCUT2D eigenvalue weighted by molar-refractivity contribution is 9.10. The van der Waals surface area contributed by atoms with Crippen LogP contribution in [0.5, 0.6) is 11.5 Å². The van der Waals surface area contributed by atoms with Crippen molar-refractivity contribution in [2.75, 3.05) is 12.1 Å². The summed E-state index contributed by atoms with van der Waals surface area (Å²) in [4.78, 5) is 0. The third-order valence-electron chi connectivity index (χ3n) is 4.90. The first-order valence-electron chi connectivity index (χ1n) is 10.3. The summed E-state index contributed by atoms with van der Waals surface area (Å²) >= 11 is 7.11. The Morgan fingerprint density at radius 3 is 1.97 bits per heavy atom. The van der Waals surface area contributed by atoms with Crippen LogP contribution in [0.3, 0.4) is 0 Å². The molecule has 166 valence electrons. The molecule has 0 aromatic heterocycles. The van der Waals surface area contributed by atoms with Gasteiger partial charge in [-0.3, -0.25) is 0 Å². The molecule has 4 nitrogen and oxygen atoms in total. The van der Waals surface area contributed by atoms with Crippen LogP contribution in [0.25, 0.3) is 0 Å². The average Bonchev–Trinajstić information content (AvgIpc) is 2.86. The number of ether oxygens (including phenoxy) is 2. The van der Waals surface area contributed by atoms with E-state index in [4.69, 9.17) is 14.6 Å². The molecule has 0 aliphatic rings. The molecule has 0 heterocycles. The summed E-state index contributed by atoms with van der Waals surface area (Å²) in [5.41, 5.74) is 3.89. The van der Waals surface area contributed by atoms with Crippen LogP contribution in [0.2, 0.25) is 0 Å². The number of nitrogens with zero attached hydrogens (tertiary/aromatic N) is 2. The lowest BCUT2D eigenvalue weighted by molar-refractivity contribution is 0.284. The summed E-state index contributed by atoms with van der Waals surface area (Å²) in [5.74, 6) is 1.30. The molecule has 33 heavy (non-hydrogen) atoms. The van der Waals surface area contributed by atoms with Gasteiger partial charge in [0, 0.05) is 14.5 Å². The van der Waals surface area contributed by atoms with Crippen molar-refractivity contribution in [3.8, 4) is 11.5 Å². The number of hydrazone groups is 1. The maximum absolute atomic E-state index is 6.03. The molecule has 0 aliphatic carbocycles. The summed E-state index contributed by atoms with van der Waals surface area (Å²) in [6.07, 6.45) is 1.81. The number of methoxy groups -OCH3 is 1. The maximum Gasteiger partial charge on any atom is 0.162 e. The number of hydrogen-bond donors (Lipinski definition) is 0. The Hall–Kier alpha value is -3.09. The second kappa shape index (κ2) is 11.2. The smallest absolute Gasteiger partial charge is 0.162 e. The zero-order valence-electron chi connectivity index (χ0n) is 18.0. The molecule has 0 aliphatic heterocycles. The lowest BCUT2D eigenvalue weighted by atomic mass is 10.2. The Kier molecular flexibility index (Phi) is 7.81. The van der Waals surface area contributed by atoms with Crippen LogP contribution in [-0.2, 0) is 6.61 Å². The Bertz CT molecular complexity index is 1170. The van der Waals surface area contributed by atoms with Gasteiger partial charge in [0.25, 0.3) is 0 Å². The van der Waals surface area contributed by atoms with Gasteiger partial charge in [-0.1, -0.05) is 64.5 Å². The summed E-state index contributed by atoms with van der Waals surface area (Å²) in [6.45, 7) is 0.444. The first kappa shape index (κ1) is 23.1. The second-order valence-electron chi connectivity index (χ2n) is 7.17. The minimum Gasteiger partial charge on any atom is -0.493 e. The lowest BCUT2D eigenvalue weighted by Gasteiger charge is -2.19. The molecule has 0 spiro atoms. The molecule has 0 radical (unpaired) electrons. The van der Waals surface area contributed by atoms with Crippen molar-refractivity contribution in [3.63, 3.8) is 0 Å². The van der Waals surface area contributed by atoms with Crippen molar-refractivity contribution >= 4 is 49.4 Å². The van der Waals surface area contributed by atoms with Crippen LogP contribution in [0.4, 0.5) is 11.4 Å². The SMILES string of the molecule is COc1cc(/C=N/N(c2ccccc2)c2ccccc2)c(Br)cc1OCc1ccc(Br)cc1. The van der Waals surface area contributed by atoms with E-state index in [1.165, 1.54) is 0 Å². The number of rotatable bonds is 8. The van der Waals surface area contributed by atoms with Crippen molar-refractivity contribution in [1.29, 1.82) is 0 Å². The molecule has 0 atom stereocenters. The van der Waals surface area contributed by atoms with Gasteiger partial charge in [-0.25, -0.2) is 5.01 Å². The van der Waals surface area contributed by atoms with Crippen LogP contribution in [0.15, 0.2) is 111 Å². The summed E-state index contributed by atoms with van der Waals surface area (Å²) in [7, 11) is 1.64. The molecule has 0 N–H and O–H groups in total. The van der Waals surface area contributed by atoms with E-state index in [-0.39, 0.29) is 0 Å². The lowest BCUT2D eigenvalue weighted by Crippen LogP contribution is -2.09. The van der Waals surface area contributed by atoms with E-state index in [0.29, 0.717) is 18.1 Å². The molecule has 4 aromatic rings. The minimum atomic E-state index is 0.444. The quantitative estimate of drug-likeness (QED) is 0.160. The fourth-order valence-corrected chi connectivity index (χ4v) is 3.89. The number of hydrogen-bond acceptors (Lipinski definition) is 4. The van der Waals surface area contributed by atoms with Gasteiger partial charge in [0.1, 0.15) is 6.61 Å². The Labute approximate surface area is 210 Å². The molecule has 0 saturated heterocycles. The molecule has 0 fully saturated rings. The van der Waals surface area contributed by atoms with E-state index in [9.17, 15) is 0 Å². The van der Waals surface area contributed by atoms with Gasteiger partial charge < -0.3 is 9.47 Å². The highest BCUT2D eigenvalue weighted by atomic mass is 79.9. The summed E-state index contributed by atoms with van der Waals surface area (Å²) < 4.78 is 13.5. The zero-order valence-corrected chi connectivity index (χ0v) is 21.2. The van der Waals surface area contributed by atoms with E-state index in [0.717, 1.165) is 31.4 Å². The first-order chi connectivity index (χ1) is 16.1. The van der Waals surface area contributed by atoms with Gasteiger partial charge in [-0.2, -0.15) is 5.10 Å². The summed E-state index contributed by atoms with van der Waals surface area (Å²) in [6, 6.07) is 31.9. The standard InChI is InChI=1S/C27H22Br2N2O2/c1-32-26-16-21(25(29)17-27(26)33-19-20-12-14-22(28)15-13-20)18-30-31(23-8-4-2-5-9-23)24-10-6-3-7-11-24/h2-18H,19H2,1H3/b30-18+. The second-order valence-corrected chi connectivity index (χ2v) is 8.94. The molecule has 0 bridgehead atoms. The molecule has 0 amide bonds. The monoisotopic (exact) mass is 564 g/mol. The highest BCUT2D eigenvalue weighted by Gasteiger charge is 2.12. The number of para-hydroxylation sites is 2. The Morgan fingerprint density at radius 2 is 1.39 bits per heavy atom. The number of benzene rings is 4. The molecule has 0 saturated carbocycles. The normalized spacial score (nSPS) is 10.9. The van der Waals surface area contributed by atoms with Crippen LogP contribution in [0.1, 0.15) is 11.1 Å². The van der Waals surface area contributed by atoms with Gasteiger partial charge in [-0.05, 0) is 70.0 Å². The molecule has 4 aromatic carbocycles. The van der Waals surface area contributed by atoms with E-state index in [1.807, 2.05) is 108 Å². The van der Waals surface area contributed by atoms with Gasteiger partial charge in [0.05, 0.1) is 24.7 Å². The highest BCUT2D eigenvalue weighted by Crippen LogP contribution is 2.34. The van der Waals surface area contributed by atoms with Crippen molar-refractivity contribution in [3.05, 3.63) is 117 Å². The molecular weight excluding hydrogens is 544 g/mol. The molecular formula is C27H22Br2N2O2. The maximum atomic E-state index is 6.03. The van der Waals surface area contributed by atoms with Gasteiger partial charge >= 0.3 is 0 Å². The Morgan fingerprint density at radius 1 is 0.788 bits per heavy atom. The van der Waals surface area contributed by atoms with Crippen LogP contribution in [-0.4, -0.2) is 13.3 Å². The number of anilines is 2. The van der Waals surface area contributed by atoms with E-state index in [1.54, 1.807) is 7.11 Å². The fraction of sp³-hybridized carbons (Fsp3) is 0.0741. The topological polar surface area (TPSA) is 34.1 Å². The zero-order chi connectivity index (χ0) is 23.0. The first-order valence-corrected chi connectivity index (χ1v) is 11.9. The van der Waals surface area contributed by atoms with Crippen molar-refractivity contribution < 1.29 is 9.47 Å². The fourth-order valence-electron chi connectivity index (χ4n) is 3.20. The third-order valence-corrected chi connectivity index (χ3v) is 6.12. The van der Waals surface area contributed by atoms with E-state index >= 15 is 0 Å². The predicted molar refractivity (Wildman–Crippen MR) is 142 cm³/mol. The van der Waals surface area contributed by atoms with Crippen LogP contribution >= 0.6 is 31.9 Å². The van der Waals surface area contributed by atoms with E-state index in [2.05, 4.69) is 31.9 Å². The average molecular weight is 566 g/mol. The van der Waals surface area contributed by atoms with Crippen molar-refractivity contribution in [2.24, 2.45) is 5.10 Å². The van der Waals surface area contributed by atoms with Crippen molar-refractivity contribution in [1.82, 2.24) is 0 Å². The van der Waals surface area contributed by atoms with Crippen LogP contribution < -0.4 is 14.5 Å². The van der Waals surface area contributed by atoms with Gasteiger partial charge in [0.15, 0.2) is 11.5 Å². The molecule has 6 heteroatoms. The third kappa shape index (κ3) is 6.03. The van der Waals surface area contributed by atoms with Gasteiger partial charge in [-0.15, -0.1) is 0 Å². The largest absolute Gasteiger partial charge is 0.493 e. The minimum absolute atomic E-state index is 0.444.